The second-order valence-electron chi connectivity index (χ2n) is 5.05. The van der Waals surface area contributed by atoms with Crippen molar-refractivity contribution < 1.29 is 4.74 Å². The first-order valence-corrected chi connectivity index (χ1v) is 7.10. The van der Waals surface area contributed by atoms with Crippen LogP contribution < -0.4 is 0 Å². The van der Waals surface area contributed by atoms with Crippen LogP contribution in [0.25, 0.3) is 6.08 Å². The number of aryl methyl sites for hydroxylation is 2. The molecule has 2 rings (SSSR count). The van der Waals surface area contributed by atoms with Gasteiger partial charge in [0.15, 0.2) is 0 Å². The highest BCUT2D eigenvalue weighted by atomic mass is 16.5. The predicted octanol–water partition coefficient (Wildman–Crippen LogP) is 4.65. The number of benzene rings is 2. The fourth-order valence-corrected chi connectivity index (χ4v) is 2.29. The van der Waals surface area contributed by atoms with Gasteiger partial charge in [0.05, 0.1) is 6.61 Å². The van der Waals surface area contributed by atoms with Crippen LogP contribution in [0.2, 0.25) is 0 Å². The van der Waals surface area contributed by atoms with Crippen molar-refractivity contribution in [1.29, 1.82) is 0 Å². The normalized spacial score (nSPS) is 10.4. The molecule has 0 heterocycles. The average Bonchev–Trinajstić information content (AvgIpc) is 2.50. The Kier molecular flexibility index (Phi) is 5.57. The zero-order valence-corrected chi connectivity index (χ0v) is 12.1. The van der Waals surface area contributed by atoms with Crippen LogP contribution >= 0.6 is 0 Å². The van der Waals surface area contributed by atoms with Gasteiger partial charge in [0.2, 0.25) is 0 Å². The van der Waals surface area contributed by atoms with Gasteiger partial charge in [-0.1, -0.05) is 61.2 Å². The van der Waals surface area contributed by atoms with E-state index >= 15 is 0 Å². The molecule has 0 aliphatic rings. The minimum atomic E-state index is 0.690. The molecule has 2 aromatic carbocycles. The SMILES string of the molecule is C=Cc1ccc(CCCc2ccc(COC)cc2)cc1. The predicted molar refractivity (Wildman–Crippen MR) is 85.7 cm³/mol. The zero-order valence-electron chi connectivity index (χ0n) is 12.1. The number of hydrogen-bond acceptors (Lipinski definition) is 1. The maximum Gasteiger partial charge on any atom is 0.0713 e. The van der Waals surface area contributed by atoms with Crippen LogP contribution in [0, 0.1) is 0 Å². The third-order valence-electron chi connectivity index (χ3n) is 3.48. The second kappa shape index (κ2) is 7.66. The molecule has 0 aliphatic heterocycles. The Balaban J connectivity index is 1.81. The molecule has 20 heavy (non-hydrogen) atoms. The molecule has 0 N–H and O–H groups in total. The Morgan fingerprint density at radius 1 is 0.850 bits per heavy atom. The lowest BCUT2D eigenvalue weighted by Gasteiger charge is -2.05. The van der Waals surface area contributed by atoms with Crippen LogP contribution in [0.5, 0.6) is 0 Å². The van der Waals surface area contributed by atoms with E-state index in [9.17, 15) is 0 Å². The minimum absolute atomic E-state index is 0.690. The van der Waals surface area contributed by atoms with E-state index in [2.05, 4.69) is 55.1 Å². The third kappa shape index (κ3) is 4.36. The Morgan fingerprint density at radius 2 is 1.35 bits per heavy atom. The average molecular weight is 266 g/mol. The second-order valence-corrected chi connectivity index (χ2v) is 5.05. The highest BCUT2D eigenvalue weighted by Crippen LogP contribution is 2.12. The van der Waals surface area contributed by atoms with E-state index < -0.39 is 0 Å². The van der Waals surface area contributed by atoms with Crippen LogP contribution in [0.1, 0.15) is 28.7 Å². The lowest BCUT2D eigenvalue weighted by atomic mass is 10.0. The molecule has 0 aliphatic carbocycles. The first kappa shape index (κ1) is 14.5. The summed E-state index contributed by atoms with van der Waals surface area (Å²) in [5.74, 6) is 0. The molecule has 0 unspecified atom stereocenters. The van der Waals surface area contributed by atoms with Crippen molar-refractivity contribution >= 4 is 6.08 Å². The molecule has 0 radical (unpaired) electrons. The molecule has 0 spiro atoms. The topological polar surface area (TPSA) is 9.23 Å². The number of rotatable bonds is 7. The number of ether oxygens (including phenoxy) is 1. The van der Waals surface area contributed by atoms with Gasteiger partial charge in [0.1, 0.15) is 0 Å². The minimum Gasteiger partial charge on any atom is -0.380 e. The molecule has 0 saturated heterocycles. The summed E-state index contributed by atoms with van der Waals surface area (Å²) in [4.78, 5) is 0. The van der Waals surface area contributed by atoms with Crippen LogP contribution in [-0.2, 0) is 24.2 Å². The molecule has 0 saturated carbocycles. The van der Waals surface area contributed by atoms with Crippen molar-refractivity contribution in [2.75, 3.05) is 7.11 Å². The van der Waals surface area contributed by atoms with E-state index in [1.807, 2.05) is 6.08 Å². The third-order valence-corrected chi connectivity index (χ3v) is 3.48. The molecule has 0 atom stereocenters. The molecule has 1 nitrogen and oxygen atoms in total. The van der Waals surface area contributed by atoms with Crippen LogP contribution in [0.15, 0.2) is 55.1 Å². The van der Waals surface area contributed by atoms with E-state index in [0.717, 1.165) is 12.8 Å². The largest absolute Gasteiger partial charge is 0.380 e. The van der Waals surface area contributed by atoms with E-state index in [-0.39, 0.29) is 0 Å². The first-order chi connectivity index (χ1) is 9.81. The molecule has 0 amide bonds. The number of methoxy groups -OCH3 is 1. The van der Waals surface area contributed by atoms with Crippen molar-refractivity contribution in [3.05, 3.63) is 77.4 Å². The highest BCUT2D eigenvalue weighted by molar-refractivity contribution is 5.47. The monoisotopic (exact) mass is 266 g/mol. The zero-order chi connectivity index (χ0) is 14.2. The molecule has 0 fully saturated rings. The molecular weight excluding hydrogens is 244 g/mol. The van der Waals surface area contributed by atoms with Crippen molar-refractivity contribution in [1.82, 2.24) is 0 Å². The van der Waals surface area contributed by atoms with Crippen LogP contribution in [0.3, 0.4) is 0 Å². The first-order valence-electron chi connectivity index (χ1n) is 7.10. The standard InChI is InChI=1S/C19H22O/c1-3-16-7-9-17(10-8-16)5-4-6-18-11-13-19(14-12-18)15-20-2/h3,7-14H,1,4-6,15H2,2H3. The molecule has 2 aromatic rings. The summed E-state index contributed by atoms with van der Waals surface area (Å²) in [6.45, 7) is 4.46. The van der Waals surface area contributed by atoms with Crippen molar-refractivity contribution in [2.45, 2.75) is 25.9 Å². The van der Waals surface area contributed by atoms with Gasteiger partial charge in [0.25, 0.3) is 0 Å². The maximum absolute atomic E-state index is 5.12. The summed E-state index contributed by atoms with van der Waals surface area (Å²) in [6, 6.07) is 17.3. The highest BCUT2D eigenvalue weighted by Gasteiger charge is 1.97. The van der Waals surface area contributed by atoms with E-state index in [1.165, 1.54) is 28.7 Å². The maximum atomic E-state index is 5.12. The molecule has 1 heteroatoms. The van der Waals surface area contributed by atoms with Gasteiger partial charge in [-0.3, -0.25) is 0 Å². The quantitative estimate of drug-likeness (QED) is 0.708. The molecular formula is C19H22O. The van der Waals surface area contributed by atoms with Gasteiger partial charge in [-0.2, -0.15) is 0 Å². The molecule has 0 aromatic heterocycles. The van der Waals surface area contributed by atoms with E-state index in [4.69, 9.17) is 4.74 Å². The Hall–Kier alpha value is -1.86. The van der Waals surface area contributed by atoms with Gasteiger partial charge in [0, 0.05) is 7.11 Å². The van der Waals surface area contributed by atoms with Crippen molar-refractivity contribution in [3.8, 4) is 0 Å². The lowest BCUT2D eigenvalue weighted by Crippen LogP contribution is -1.92. The fourth-order valence-electron chi connectivity index (χ4n) is 2.29. The summed E-state index contributed by atoms with van der Waals surface area (Å²) in [7, 11) is 1.73. The van der Waals surface area contributed by atoms with Gasteiger partial charge < -0.3 is 4.74 Å². The summed E-state index contributed by atoms with van der Waals surface area (Å²) >= 11 is 0. The summed E-state index contributed by atoms with van der Waals surface area (Å²) < 4.78 is 5.12. The van der Waals surface area contributed by atoms with E-state index in [0.29, 0.717) is 6.61 Å². The Bertz CT molecular complexity index is 523. The van der Waals surface area contributed by atoms with Crippen molar-refractivity contribution in [2.24, 2.45) is 0 Å². The van der Waals surface area contributed by atoms with Gasteiger partial charge in [-0.05, 0) is 41.5 Å². The summed E-state index contributed by atoms with van der Waals surface area (Å²) in [6.07, 6.45) is 5.30. The fraction of sp³-hybridized carbons (Fsp3) is 0.263. The molecule has 0 bridgehead atoms. The number of hydrogen-bond donors (Lipinski definition) is 0. The van der Waals surface area contributed by atoms with Crippen LogP contribution in [0.4, 0.5) is 0 Å². The van der Waals surface area contributed by atoms with E-state index in [1.54, 1.807) is 7.11 Å². The Labute approximate surface area is 121 Å². The smallest absolute Gasteiger partial charge is 0.0713 e. The summed E-state index contributed by atoms with van der Waals surface area (Å²) in [5, 5.41) is 0. The van der Waals surface area contributed by atoms with Crippen molar-refractivity contribution in [3.63, 3.8) is 0 Å². The molecule has 104 valence electrons. The van der Waals surface area contributed by atoms with Gasteiger partial charge >= 0.3 is 0 Å². The van der Waals surface area contributed by atoms with Gasteiger partial charge in [-0.25, -0.2) is 0 Å². The lowest BCUT2D eigenvalue weighted by molar-refractivity contribution is 0.185. The summed E-state index contributed by atoms with van der Waals surface area (Å²) in [5.41, 5.74) is 5.21. The Morgan fingerprint density at radius 3 is 1.85 bits per heavy atom. The van der Waals surface area contributed by atoms with Gasteiger partial charge in [-0.15, -0.1) is 0 Å². The van der Waals surface area contributed by atoms with Crippen LogP contribution in [-0.4, -0.2) is 7.11 Å².